The summed E-state index contributed by atoms with van der Waals surface area (Å²) in [6.07, 6.45) is 0.274. The van der Waals surface area contributed by atoms with Crippen molar-refractivity contribution in [1.82, 2.24) is 0 Å². The lowest BCUT2D eigenvalue weighted by atomic mass is 10.0. The van der Waals surface area contributed by atoms with Gasteiger partial charge in [-0.25, -0.2) is 0 Å². The summed E-state index contributed by atoms with van der Waals surface area (Å²) < 4.78 is 10.4. The van der Waals surface area contributed by atoms with Crippen LogP contribution in [0, 0.1) is 13.8 Å². The standard InChI is InChI=1S/C15H21NO3/c1-5-18-14(16-4)10-19-15(17)9-13-8-11(2)6-7-12(13)3/h6-8H,5,9-10H2,1-4H3. The van der Waals surface area contributed by atoms with Crippen molar-refractivity contribution in [2.24, 2.45) is 4.99 Å². The summed E-state index contributed by atoms with van der Waals surface area (Å²) >= 11 is 0. The van der Waals surface area contributed by atoms with Crippen molar-refractivity contribution in [1.29, 1.82) is 0 Å². The van der Waals surface area contributed by atoms with Crippen LogP contribution in [0.25, 0.3) is 0 Å². The minimum Gasteiger partial charge on any atom is -0.479 e. The molecule has 1 rings (SSSR count). The van der Waals surface area contributed by atoms with Gasteiger partial charge >= 0.3 is 5.97 Å². The third kappa shape index (κ3) is 5.12. The minimum atomic E-state index is -0.269. The van der Waals surface area contributed by atoms with E-state index in [1.165, 1.54) is 0 Å². The molecule has 0 saturated heterocycles. The lowest BCUT2D eigenvalue weighted by Crippen LogP contribution is -2.18. The summed E-state index contributed by atoms with van der Waals surface area (Å²) in [6.45, 7) is 6.46. The van der Waals surface area contributed by atoms with Crippen LogP contribution in [0.4, 0.5) is 0 Å². The zero-order valence-corrected chi connectivity index (χ0v) is 12.0. The van der Waals surface area contributed by atoms with Gasteiger partial charge in [0.05, 0.1) is 13.0 Å². The second-order valence-electron chi connectivity index (χ2n) is 4.32. The van der Waals surface area contributed by atoms with Gasteiger partial charge in [-0.3, -0.25) is 9.79 Å². The summed E-state index contributed by atoms with van der Waals surface area (Å²) in [5.41, 5.74) is 3.23. The first-order valence-corrected chi connectivity index (χ1v) is 6.37. The number of benzene rings is 1. The third-order valence-corrected chi connectivity index (χ3v) is 2.76. The van der Waals surface area contributed by atoms with E-state index < -0.39 is 0 Å². The fourth-order valence-corrected chi connectivity index (χ4v) is 1.68. The molecule has 19 heavy (non-hydrogen) atoms. The van der Waals surface area contributed by atoms with Crippen molar-refractivity contribution >= 4 is 11.9 Å². The van der Waals surface area contributed by atoms with Crippen molar-refractivity contribution in [2.45, 2.75) is 27.2 Å². The maximum Gasteiger partial charge on any atom is 0.310 e. The van der Waals surface area contributed by atoms with Crippen LogP contribution in [0.5, 0.6) is 0 Å². The number of hydrogen-bond donors (Lipinski definition) is 0. The number of aryl methyl sites for hydroxylation is 2. The molecular formula is C15H21NO3. The molecule has 4 heteroatoms. The Morgan fingerprint density at radius 3 is 2.63 bits per heavy atom. The number of ether oxygens (including phenoxy) is 2. The predicted molar refractivity (Wildman–Crippen MR) is 75.6 cm³/mol. The summed E-state index contributed by atoms with van der Waals surface area (Å²) in [7, 11) is 1.61. The van der Waals surface area contributed by atoms with Gasteiger partial charge in [-0.15, -0.1) is 0 Å². The predicted octanol–water partition coefficient (Wildman–Crippen LogP) is 2.45. The number of nitrogens with zero attached hydrogens (tertiary/aromatic N) is 1. The Bertz CT molecular complexity index is 466. The highest BCUT2D eigenvalue weighted by Gasteiger charge is 2.09. The zero-order valence-electron chi connectivity index (χ0n) is 12.0. The number of carbonyl (C=O) groups is 1. The maximum absolute atomic E-state index is 11.8. The van der Waals surface area contributed by atoms with Crippen molar-refractivity contribution in [2.75, 3.05) is 20.3 Å². The van der Waals surface area contributed by atoms with Gasteiger partial charge in [-0.1, -0.05) is 23.8 Å². The number of hydrogen-bond acceptors (Lipinski definition) is 4. The van der Waals surface area contributed by atoms with Crippen LogP contribution in [0.2, 0.25) is 0 Å². The molecule has 0 heterocycles. The van der Waals surface area contributed by atoms with E-state index in [4.69, 9.17) is 9.47 Å². The zero-order chi connectivity index (χ0) is 14.3. The van der Waals surface area contributed by atoms with Crippen molar-refractivity contribution < 1.29 is 14.3 Å². The molecule has 0 spiro atoms. The van der Waals surface area contributed by atoms with E-state index in [1.807, 2.05) is 39.0 Å². The van der Waals surface area contributed by atoms with E-state index in [2.05, 4.69) is 4.99 Å². The van der Waals surface area contributed by atoms with E-state index in [-0.39, 0.29) is 19.0 Å². The Morgan fingerprint density at radius 1 is 1.26 bits per heavy atom. The molecule has 0 fully saturated rings. The van der Waals surface area contributed by atoms with Crippen molar-refractivity contribution in [3.05, 3.63) is 34.9 Å². The molecule has 1 aromatic carbocycles. The van der Waals surface area contributed by atoms with E-state index in [1.54, 1.807) is 7.05 Å². The molecule has 0 bridgehead atoms. The topological polar surface area (TPSA) is 47.9 Å². The average molecular weight is 263 g/mol. The van der Waals surface area contributed by atoms with Crippen LogP contribution in [-0.4, -0.2) is 32.1 Å². The SMILES string of the molecule is CCOC(COC(=O)Cc1cc(C)ccc1C)=NC. The number of carbonyl (C=O) groups excluding carboxylic acids is 1. The first-order chi connectivity index (χ1) is 9.06. The summed E-state index contributed by atoms with van der Waals surface area (Å²) in [4.78, 5) is 15.7. The average Bonchev–Trinajstić information content (AvgIpc) is 2.39. The van der Waals surface area contributed by atoms with Crippen LogP contribution in [-0.2, 0) is 20.7 Å². The van der Waals surface area contributed by atoms with Gasteiger partial charge in [0.25, 0.3) is 0 Å². The summed E-state index contributed by atoms with van der Waals surface area (Å²) in [5, 5.41) is 0. The second-order valence-corrected chi connectivity index (χ2v) is 4.32. The molecule has 0 amide bonds. The molecule has 0 unspecified atom stereocenters. The van der Waals surface area contributed by atoms with E-state index in [9.17, 15) is 4.79 Å². The third-order valence-electron chi connectivity index (χ3n) is 2.76. The van der Waals surface area contributed by atoms with Gasteiger partial charge in [0.1, 0.15) is 0 Å². The fraction of sp³-hybridized carbons (Fsp3) is 0.467. The largest absolute Gasteiger partial charge is 0.479 e. The Morgan fingerprint density at radius 2 is 2.00 bits per heavy atom. The molecule has 0 aliphatic heterocycles. The first-order valence-electron chi connectivity index (χ1n) is 6.37. The van der Waals surface area contributed by atoms with Gasteiger partial charge in [0, 0.05) is 7.05 Å². The Hall–Kier alpha value is -1.84. The van der Waals surface area contributed by atoms with Crippen molar-refractivity contribution in [3.8, 4) is 0 Å². The van der Waals surface area contributed by atoms with Crippen LogP contribution in [0.15, 0.2) is 23.2 Å². The lowest BCUT2D eigenvalue weighted by molar-refractivity contribution is -0.141. The fourth-order valence-electron chi connectivity index (χ4n) is 1.68. The highest BCUT2D eigenvalue weighted by Crippen LogP contribution is 2.11. The van der Waals surface area contributed by atoms with Crippen molar-refractivity contribution in [3.63, 3.8) is 0 Å². The van der Waals surface area contributed by atoms with Crippen LogP contribution >= 0.6 is 0 Å². The van der Waals surface area contributed by atoms with Crippen LogP contribution in [0.3, 0.4) is 0 Å². The Labute approximate surface area is 114 Å². The molecule has 1 aromatic rings. The molecule has 0 radical (unpaired) electrons. The highest BCUT2D eigenvalue weighted by molar-refractivity contribution is 5.81. The van der Waals surface area contributed by atoms with Gasteiger partial charge in [0.2, 0.25) is 5.90 Å². The summed E-state index contributed by atoms with van der Waals surface area (Å²) in [5.74, 6) is 0.173. The number of esters is 1. The smallest absolute Gasteiger partial charge is 0.310 e. The summed E-state index contributed by atoms with van der Waals surface area (Å²) in [6, 6.07) is 6.05. The highest BCUT2D eigenvalue weighted by atomic mass is 16.6. The molecule has 0 aliphatic carbocycles. The molecule has 0 saturated carbocycles. The quantitative estimate of drug-likeness (QED) is 0.466. The van der Waals surface area contributed by atoms with Gasteiger partial charge < -0.3 is 9.47 Å². The van der Waals surface area contributed by atoms with Gasteiger partial charge in [-0.05, 0) is 31.9 Å². The van der Waals surface area contributed by atoms with Gasteiger partial charge in [0.15, 0.2) is 6.61 Å². The van der Waals surface area contributed by atoms with E-state index >= 15 is 0 Å². The molecule has 0 atom stereocenters. The molecule has 4 nitrogen and oxygen atoms in total. The minimum absolute atomic E-state index is 0.0913. The van der Waals surface area contributed by atoms with E-state index in [0.29, 0.717) is 12.5 Å². The first kappa shape index (κ1) is 15.2. The second kappa shape index (κ2) is 7.56. The van der Waals surface area contributed by atoms with Crippen LogP contribution in [0.1, 0.15) is 23.6 Å². The molecular weight excluding hydrogens is 242 g/mol. The maximum atomic E-state index is 11.8. The normalized spacial score (nSPS) is 11.3. The van der Waals surface area contributed by atoms with Gasteiger partial charge in [-0.2, -0.15) is 0 Å². The number of aliphatic imine (C=N–C) groups is 1. The number of rotatable bonds is 5. The van der Waals surface area contributed by atoms with Crippen LogP contribution < -0.4 is 0 Å². The molecule has 104 valence electrons. The Kier molecular flexibility index (Phi) is 6.06. The molecule has 0 aliphatic rings. The molecule has 0 N–H and O–H groups in total. The van der Waals surface area contributed by atoms with E-state index in [0.717, 1.165) is 16.7 Å². The lowest BCUT2D eigenvalue weighted by Gasteiger charge is -2.09. The Balaban J connectivity index is 2.53. The molecule has 0 aromatic heterocycles. The monoisotopic (exact) mass is 263 g/mol.